The highest BCUT2D eigenvalue weighted by atomic mass is 16.5. The molecule has 1 amide bonds. The van der Waals surface area contributed by atoms with E-state index in [-0.39, 0.29) is 17.1 Å². The van der Waals surface area contributed by atoms with E-state index in [0.29, 0.717) is 26.3 Å². The molecule has 5 nitrogen and oxygen atoms in total. The van der Waals surface area contributed by atoms with E-state index in [1.807, 2.05) is 41.3 Å². The summed E-state index contributed by atoms with van der Waals surface area (Å²) in [6.07, 6.45) is 1.66. The van der Waals surface area contributed by atoms with E-state index in [1.165, 1.54) is 0 Å². The Morgan fingerprint density at radius 2 is 1.63 bits per heavy atom. The number of carbonyl (C=O) groups is 2. The largest absolute Gasteiger partial charge is 0.378 e. The number of amides is 1. The monoisotopic (exact) mass is 406 g/mol. The summed E-state index contributed by atoms with van der Waals surface area (Å²) in [7, 11) is 0. The van der Waals surface area contributed by atoms with Crippen molar-refractivity contribution in [2.24, 2.45) is 0 Å². The van der Waals surface area contributed by atoms with Gasteiger partial charge in [-0.15, -0.1) is 0 Å². The van der Waals surface area contributed by atoms with E-state index in [1.54, 1.807) is 6.92 Å². The van der Waals surface area contributed by atoms with Crippen LogP contribution in [0.25, 0.3) is 0 Å². The molecule has 2 saturated heterocycles. The van der Waals surface area contributed by atoms with Crippen molar-refractivity contribution in [2.75, 3.05) is 39.4 Å². The second kappa shape index (κ2) is 9.11. The molecule has 2 aromatic carbocycles. The molecule has 2 heterocycles. The van der Waals surface area contributed by atoms with Crippen molar-refractivity contribution in [3.05, 3.63) is 71.3 Å². The van der Waals surface area contributed by atoms with Crippen LogP contribution in [-0.4, -0.2) is 60.9 Å². The number of piperidine rings is 1. The number of likely N-dealkylation sites (tertiary alicyclic amines) is 1. The molecule has 0 spiro atoms. The molecule has 0 aliphatic carbocycles. The molecule has 2 aromatic rings. The summed E-state index contributed by atoms with van der Waals surface area (Å²) < 4.78 is 5.35. The SMILES string of the molecule is CC(=O)C1(c2ccccc2)CCN(Cc2cccc(C(=O)N3CCOCC3)c2)CC1. The van der Waals surface area contributed by atoms with Gasteiger partial charge in [-0.25, -0.2) is 0 Å². The van der Waals surface area contributed by atoms with Gasteiger partial charge in [0.05, 0.1) is 18.6 Å². The van der Waals surface area contributed by atoms with Crippen LogP contribution in [0.15, 0.2) is 54.6 Å². The van der Waals surface area contributed by atoms with Gasteiger partial charge in [0, 0.05) is 25.2 Å². The minimum atomic E-state index is -0.369. The fourth-order valence-electron chi connectivity index (χ4n) is 4.70. The molecule has 0 atom stereocenters. The fourth-order valence-corrected chi connectivity index (χ4v) is 4.70. The second-order valence-electron chi connectivity index (χ2n) is 8.39. The number of ketones is 1. The number of morpholine rings is 1. The molecule has 0 bridgehead atoms. The van der Waals surface area contributed by atoms with E-state index in [0.717, 1.165) is 49.2 Å². The highest BCUT2D eigenvalue weighted by molar-refractivity contribution is 5.94. The second-order valence-corrected chi connectivity index (χ2v) is 8.39. The minimum absolute atomic E-state index is 0.0819. The Balaban J connectivity index is 1.41. The van der Waals surface area contributed by atoms with Crippen LogP contribution in [0.1, 0.15) is 41.3 Å². The Labute approximate surface area is 178 Å². The molecule has 2 aliphatic rings. The number of benzene rings is 2. The normalized spacial score (nSPS) is 19.4. The Hall–Kier alpha value is -2.50. The molecule has 2 fully saturated rings. The average molecular weight is 407 g/mol. The molecule has 5 heteroatoms. The van der Waals surface area contributed by atoms with Gasteiger partial charge in [0.1, 0.15) is 5.78 Å². The average Bonchev–Trinajstić information content (AvgIpc) is 2.80. The van der Waals surface area contributed by atoms with Crippen LogP contribution < -0.4 is 0 Å². The maximum absolute atomic E-state index is 12.8. The van der Waals surface area contributed by atoms with E-state index in [4.69, 9.17) is 4.74 Å². The van der Waals surface area contributed by atoms with Crippen LogP contribution in [-0.2, 0) is 21.5 Å². The third kappa shape index (κ3) is 4.32. The van der Waals surface area contributed by atoms with E-state index in [9.17, 15) is 9.59 Å². The molecule has 158 valence electrons. The zero-order chi connectivity index (χ0) is 21.0. The van der Waals surface area contributed by atoms with Crippen LogP contribution >= 0.6 is 0 Å². The molecule has 2 aliphatic heterocycles. The molecule has 0 saturated carbocycles. The lowest BCUT2D eigenvalue weighted by atomic mass is 9.70. The number of hydrogen-bond donors (Lipinski definition) is 0. The summed E-state index contributed by atoms with van der Waals surface area (Å²) in [4.78, 5) is 29.6. The summed E-state index contributed by atoms with van der Waals surface area (Å²) in [5.41, 5.74) is 2.65. The molecule has 0 N–H and O–H groups in total. The highest BCUT2D eigenvalue weighted by Gasteiger charge is 2.40. The number of ether oxygens (including phenoxy) is 1. The van der Waals surface area contributed by atoms with Crippen molar-refractivity contribution in [3.8, 4) is 0 Å². The van der Waals surface area contributed by atoms with Gasteiger partial charge in [0.15, 0.2) is 0 Å². The number of nitrogens with zero attached hydrogens (tertiary/aromatic N) is 2. The summed E-state index contributed by atoms with van der Waals surface area (Å²) in [5.74, 6) is 0.338. The van der Waals surface area contributed by atoms with Crippen molar-refractivity contribution >= 4 is 11.7 Å². The zero-order valence-electron chi connectivity index (χ0n) is 17.7. The van der Waals surface area contributed by atoms with E-state index >= 15 is 0 Å². The van der Waals surface area contributed by atoms with Crippen LogP contribution in [0.4, 0.5) is 0 Å². The first-order valence-electron chi connectivity index (χ1n) is 10.8. The fraction of sp³-hybridized carbons (Fsp3) is 0.440. The number of Topliss-reactive ketones (excluding diaryl/α,β-unsaturated/α-hetero) is 1. The smallest absolute Gasteiger partial charge is 0.254 e. The molecule has 0 unspecified atom stereocenters. The Morgan fingerprint density at radius 3 is 2.30 bits per heavy atom. The Bertz CT molecular complexity index is 882. The first-order valence-corrected chi connectivity index (χ1v) is 10.8. The van der Waals surface area contributed by atoms with Crippen LogP contribution in [0.3, 0.4) is 0 Å². The first-order chi connectivity index (χ1) is 14.6. The molecular formula is C25H30N2O3. The van der Waals surface area contributed by atoms with Gasteiger partial charge in [-0.1, -0.05) is 42.5 Å². The van der Waals surface area contributed by atoms with Gasteiger partial charge in [-0.3, -0.25) is 14.5 Å². The first kappa shape index (κ1) is 20.8. The van der Waals surface area contributed by atoms with Crippen LogP contribution in [0.5, 0.6) is 0 Å². The van der Waals surface area contributed by atoms with Crippen molar-refractivity contribution in [2.45, 2.75) is 31.7 Å². The Kier molecular flexibility index (Phi) is 6.30. The topological polar surface area (TPSA) is 49.9 Å². The predicted octanol–water partition coefficient (Wildman–Crippen LogP) is 3.28. The summed E-state index contributed by atoms with van der Waals surface area (Å²) in [6, 6.07) is 18.2. The van der Waals surface area contributed by atoms with Crippen molar-refractivity contribution in [3.63, 3.8) is 0 Å². The third-order valence-corrected chi connectivity index (χ3v) is 6.59. The van der Waals surface area contributed by atoms with Crippen LogP contribution in [0.2, 0.25) is 0 Å². The van der Waals surface area contributed by atoms with Crippen molar-refractivity contribution in [1.82, 2.24) is 9.80 Å². The molecule has 0 aromatic heterocycles. The number of carbonyl (C=O) groups excluding carboxylic acids is 2. The predicted molar refractivity (Wildman–Crippen MR) is 116 cm³/mol. The highest BCUT2D eigenvalue weighted by Crippen LogP contribution is 2.36. The molecule has 30 heavy (non-hydrogen) atoms. The van der Waals surface area contributed by atoms with Gasteiger partial charge in [0.2, 0.25) is 0 Å². The van der Waals surface area contributed by atoms with E-state index in [2.05, 4.69) is 23.1 Å². The van der Waals surface area contributed by atoms with Gasteiger partial charge < -0.3 is 9.64 Å². The lowest BCUT2D eigenvalue weighted by Gasteiger charge is -2.40. The number of hydrogen-bond acceptors (Lipinski definition) is 4. The standard InChI is InChI=1S/C25H30N2O3/c1-20(28)25(23-8-3-2-4-9-23)10-12-26(13-11-25)19-21-6-5-7-22(18-21)24(29)27-14-16-30-17-15-27/h2-9,18H,10-17,19H2,1H3. The van der Waals surface area contributed by atoms with Crippen LogP contribution in [0, 0.1) is 0 Å². The lowest BCUT2D eigenvalue weighted by Crippen LogP contribution is -2.46. The summed E-state index contributed by atoms with van der Waals surface area (Å²) >= 11 is 0. The number of rotatable bonds is 5. The molecule has 0 radical (unpaired) electrons. The minimum Gasteiger partial charge on any atom is -0.378 e. The van der Waals surface area contributed by atoms with E-state index < -0.39 is 0 Å². The van der Waals surface area contributed by atoms with Crippen molar-refractivity contribution < 1.29 is 14.3 Å². The maximum atomic E-state index is 12.8. The van der Waals surface area contributed by atoms with Crippen molar-refractivity contribution in [1.29, 1.82) is 0 Å². The Morgan fingerprint density at radius 1 is 0.933 bits per heavy atom. The quantitative estimate of drug-likeness (QED) is 0.765. The van der Waals surface area contributed by atoms with Gasteiger partial charge >= 0.3 is 0 Å². The maximum Gasteiger partial charge on any atom is 0.254 e. The molecular weight excluding hydrogens is 376 g/mol. The lowest BCUT2D eigenvalue weighted by molar-refractivity contribution is -0.124. The van der Waals surface area contributed by atoms with Gasteiger partial charge in [-0.05, 0) is 56.1 Å². The third-order valence-electron chi connectivity index (χ3n) is 6.59. The summed E-state index contributed by atoms with van der Waals surface area (Å²) in [5, 5.41) is 0. The zero-order valence-corrected chi connectivity index (χ0v) is 17.7. The summed E-state index contributed by atoms with van der Waals surface area (Å²) in [6.45, 7) is 6.79. The van der Waals surface area contributed by atoms with Gasteiger partial charge in [0.25, 0.3) is 5.91 Å². The van der Waals surface area contributed by atoms with Gasteiger partial charge in [-0.2, -0.15) is 0 Å². The molecule has 4 rings (SSSR count).